The summed E-state index contributed by atoms with van der Waals surface area (Å²) in [5.74, 6) is -0.958. The molecule has 1 rings (SSSR count). The summed E-state index contributed by atoms with van der Waals surface area (Å²) >= 11 is 0. The zero-order valence-electron chi connectivity index (χ0n) is 5.66. The SMILES string of the molecule is [2H]c1ccc(C(=O)O)cc1. The number of rotatable bonds is 1. The topological polar surface area (TPSA) is 37.3 Å². The van der Waals surface area contributed by atoms with Gasteiger partial charge in [0.2, 0.25) is 0 Å². The van der Waals surface area contributed by atoms with Crippen molar-refractivity contribution in [3.8, 4) is 0 Å². The van der Waals surface area contributed by atoms with E-state index in [4.69, 9.17) is 6.48 Å². The monoisotopic (exact) mass is 123 g/mol. The number of carboxylic acids is 1. The molecule has 0 amide bonds. The maximum absolute atomic E-state index is 10.3. The molecule has 1 N–H and O–H groups in total. The van der Waals surface area contributed by atoms with Crippen LogP contribution >= 0.6 is 0 Å². The Bertz CT molecular complexity index is 240. The Morgan fingerprint density at radius 1 is 1.56 bits per heavy atom. The Balaban J connectivity index is 3.00. The van der Waals surface area contributed by atoms with Gasteiger partial charge in [-0.25, -0.2) is 4.79 Å². The lowest BCUT2D eigenvalue weighted by atomic mass is 10.2. The van der Waals surface area contributed by atoms with Crippen molar-refractivity contribution in [2.45, 2.75) is 0 Å². The van der Waals surface area contributed by atoms with E-state index in [1.165, 1.54) is 24.3 Å². The second kappa shape index (κ2) is 2.31. The molecule has 2 heteroatoms. The van der Waals surface area contributed by atoms with Gasteiger partial charge in [0, 0.05) is 0 Å². The van der Waals surface area contributed by atoms with E-state index < -0.39 is 5.97 Å². The molecule has 46 valence electrons. The summed E-state index contributed by atoms with van der Waals surface area (Å²) < 4.78 is 7.04. The van der Waals surface area contributed by atoms with Crippen LogP contribution in [0.25, 0.3) is 0 Å². The van der Waals surface area contributed by atoms with Crippen molar-refractivity contribution in [2.75, 3.05) is 0 Å². The van der Waals surface area contributed by atoms with Gasteiger partial charge in [-0.15, -0.1) is 0 Å². The van der Waals surface area contributed by atoms with Crippen LogP contribution in [0.2, 0.25) is 0 Å². The smallest absolute Gasteiger partial charge is 0.335 e. The highest BCUT2D eigenvalue weighted by Crippen LogP contribution is 1.96. The average molecular weight is 123 g/mol. The summed E-state index contributed by atoms with van der Waals surface area (Å²) in [4.78, 5) is 10.3. The number of benzene rings is 1. The van der Waals surface area contributed by atoms with Crippen LogP contribution in [0, 0.1) is 0 Å². The Hall–Kier alpha value is -1.31. The molecule has 0 aromatic heterocycles. The van der Waals surface area contributed by atoms with E-state index in [2.05, 4.69) is 0 Å². The van der Waals surface area contributed by atoms with E-state index in [1.807, 2.05) is 0 Å². The maximum Gasteiger partial charge on any atom is 0.335 e. The Labute approximate surface area is 54.2 Å². The van der Waals surface area contributed by atoms with Crippen LogP contribution in [0.3, 0.4) is 0 Å². The van der Waals surface area contributed by atoms with Crippen LogP contribution in [0.5, 0.6) is 0 Å². The number of carbonyl (C=O) groups is 1. The van der Waals surface area contributed by atoms with Crippen LogP contribution in [0.15, 0.2) is 30.3 Å². The first kappa shape index (κ1) is 4.56. The summed E-state index contributed by atoms with van der Waals surface area (Å²) in [5, 5.41) is 8.41. The first-order chi connectivity index (χ1) is 4.70. The molecule has 0 bridgehead atoms. The van der Waals surface area contributed by atoms with E-state index >= 15 is 0 Å². The molecule has 0 saturated heterocycles. The molecule has 0 atom stereocenters. The molecule has 0 unspecified atom stereocenters. The summed E-state index contributed by atoms with van der Waals surface area (Å²) in [5.41, 5.74) is 0.219. The van der Waals surface area contributed by atoms with E-state index in [0.717, 1.165) is 0 Å². The summed E-state index contributed by atoms with van der Waals surface area (Å²) in [6.45, 7) is 0. The summed E-state index contributed by atoms with van der Waals surface area (Å²) in [6.07, 6.45) is 0. The Kier molecular flexibility index (Phi) is 1.17. The number of aromatic carboxylic acids is 1. The fraction of sp³-hybridized carbons (Fsp3) is 0. The van der Waals surface area contributed by atoms with Gasteiger partial charge < -0.3 is 5.11 Å². The van der Waals surface area contributed by atoms with Crippen molar-refractivity contribution in [3.05, 3.63) is 35.9 Å². The van der Waals surface area contributed by atoms with Gasteiger partial charge in [0.25, 0.3) is 0 Å². The van der Waals surface area contributed by atoms with Crippen LogP contribution in [0.1, 0.15) is 11.7 Å². The van der Waals surface area contributed by atoms with Crippen molar-refractivity contribution in [1.29, 1.82) is 0 Å². The van der Waals surface area contributed by atoms with Crippen molar-refractivity contribution in [3.63, 3.8) is 0 Å². The predicted octanol–water partition coefficient (Wildman–Crippen LogP) is 1.38. The first-order valence-corrected chi connectivity index (χ1v) is 2.50. The predicted molar refractivity (Wildman–Crippen MR) is 33.4 cm³/mol. The maximum atomic E-state index is 10.3. The Morgan fingerprint density at radius 3 is 2.56 bits per heavy atom. The third kappa shape index (κ3) is 1.29. The molecule has 0 aliphatic rings. The third-order valence-corrected chi connectivity index (χ3v) is 0.965. The van der Waals surface area contributed by atoms with E-state index in [1.54, 1.807) is 0 Å². The average Bonchev–Trinajstić information content (AvgIpc) is 1.88. The highest BCUT2D eigenvalue weighted by atomic mass is 16.4. The number of hydrogen-bond acceptors (Lipinski definition) is 1. The molecule has 0 heterocycles. The molecule has 1 aromatic carbocycles. The summed E-state index contributed by atoms with van der Waals surface area (Å²) in [6, 6.07) is 6.03. The van der Waals surface area contributed by atoms with Gasteiger partial charge in [0.05, 0.1) is 6.93 Å². The Morgan fingerprint density at radius 2 is 2.11 bits per heavy atom. The van der Waals surface area contributed by atoms with Gasteiger partial charge in [-0.3, -0.25) is 0 Å². The fourth-order valence-corrected chi connectivity index (χ4v) is 0.529. The lowest BCUT2D eigenvalue weighted by Crippen LogP contribution is -1.93. The standard InChI is InChI=1S/C7H6O2/c8-7(9)6-4-2-1-3-5-6/h1-5H,(H,8,9)/i1D. The lowest BCUT2D eigenvalue weighted by Gasteiger charge is -1.88. The molecule has 0 aliphatic carbocycles. The van der Waals surface area contributed by atoms with Crippen molar-refractivity contribution in [1.82, 2.24) is 0 Å². The quantitative estimate of drug-likeness (QED) is 0.612. The van der Waals surface area contributed by atoms with Gasteiger partial charge in [0.15, 0.2) is 0 Å². The minimum Gasteiger partial charge on any atom is -0.478 e. The second-order valence-electron chi connectivity index (χ2n) is 1.59. The first-order valence-electron chi connectivity index (χ1n) is 3.00. The molecule has 1 aromatic rings. The molecule has 0 radical (unpaired) electrons. The molecule has 0 saturated carbocycles. The minimum absolute atomic E-state index is 0.219. The van der Waals surface area contributed by atoms with Gasteiger partial charge in [-0.1, -0.05) is 18.2 Å². The van der Waals surface area contributed by atoms with Crippen LogP contribution in [0.4, 0.5) is 0 Å². The molecule has 0 fully saturated rings. The number of hydrogen-bond donors (Lipinski definition) is 1. The van der Waals surface area contributed by atoms with E-state index in [-0.39, 0.29) is 5.56 Å². The fourth-order valence-electron chi connectivity index (χ4n) is 0.529. The molecule has 0 aliphatic heterocycles. The molecule has 2 nitrogen and oxygen atoms in total. The van der Waals surface area contributed by atoms with Crippen LogP contribution in [-0.4, -0.2) is 11.1 Å². The molecule has 9 heavy (non-hydrogen) atoms. The lowest BCUT2D eigenvalue weighted by molar-refractivity contribution is 0.0697. The highest BCUT2D eigenvalue weighted by molar-refractivity contribution is 5.87. The van der Waals surface area contributed by atoms with E-state index in [9.17, 15) is 4.79 Å². The highest BCUT2D eigenvalue weighted by Gasteiger charge is 1.96. The van der Waals surface area contributed by atoms with Crippen molar-refractivity contribution in [2.24, 2.45) is 0 Å². The summed E-state index contributed by atoms with van der Waals surface area (Å²) in [7, 11) is 0. The molecule has 0 spiro atoms. The van der Waals surface area contributed by atoms with Gasteiger partial charge in [-0.05, 0) is 12.1 Å². The number of carboxylic acid groups (broad SMARTS) is 1. The molecular weight excluding hydrogens is 116 g/mol. The third-order valence-electron chi connectivity index (χ3n) is 0.965. The molecular formula is C7H6O2. The van der Waals surface area contributed by atoms with Gasteiger partial charge >= 0.3 is 5.97 Å². The normalized spacial score (nSPS) is 10.4. The minimum atomic E-state index is -0.958. The zero-order valence-corrected chi connectivity index (χ0v) is 4.66. The zero-order chi connectivity index (χ0) is 7.56. The van der Waals surface area contributed by atoms with Crippen molar-refractivity contribution < 1.29 is 11.3 Å². The second-order valence-corrected chi connectivity index (χ2v) is 1.59. The van der Waals surface area contributed by atoms with Crippen molar-refractivity contribution >= 4 is 5.97 Å². The van der Waals surface area contributed by atoms with E-state index in [0.29, 0.717) is 6.04 Å². The van der Waals surface area contributed by atoms with Crippen LogP contribution in [-0.2, 0) is 0 Å². The largest absolute Gasteiger partial charge is 0.478 e. The van der Waals surface area contributed by atoms with Gasteiger partial charge in [-0.2, -0.15) is 0 Å². The van der Waals surface area contributed by atoms with Crippen LogP contribution < -0.4 is 0 Å². The van der Waals surface area contributed by atoms with Gasteiger partial charge in [0.1, 0.15) is 0 Å².